The van der Waals surface area contributed by atoms with Crippen LogP contribution in [0.5, 0.6) is 5.75 Å². The maximum Gasteiger partial charge on any atom is 0.341 e. The Hall–Kier alpha value is -2.58. The highest BCUT2D eigenvalue weighted by atomic mass is 32.1. The predicted octanol–water partition coefficient (Wildman–Crippen LogP) is 3.18. The second-order valence-corrected chi connectivity index (χ2v) is 10.6. The van der Waals surface area contributed by atoms with Gasteiger partial charge in [-0.05, 0) is 63.6 Å². The van der Waals surface area contributed by atoms with Crippen molar-refractivity contribution >= 4 is 33.9 Å². The molecule has 2 N–H and O–H groups in total. The summed E-state index contributed by atoms with van der Waals surface area (Å²) in [5, 5.41) is 3.77. The van der Waals surface area contributed by atoms with E-state index in [1.54, 1.807) is 11.3 Å². The second-order valence-electron chi connectivity index (χ2n) is 9.53. The fraction of sp³-hybridized carbons (Fsp3) is 0.556. The lowest BCUT2D eigenvalue weighted by molar-refractivity contribution is -0.914. The number of piperazine rings is 1. The third kappa shape index (κ3) is 5.64. The van der Waals surface area contributed by atoms with Crippen LogP contribution < -0.4 is 19.9 Å². The Balaban J connectivity index is 1.43. The summed E-state index contributed by atoms with van der Waals surface area (Å²) in [5.74, 6) is 1.13. The second kappa shape index (κ2) is 11.4. The lowest BCUT2D eigenvalue weighted by Crippen LogP contribution is -3.19. The molecular formula is C27H38N3O4S+. The number of anilines is 2. The minimum absolute atomic E-state index is 0.0413. The largest absolute Gasteiger partial charge is 0.492 e. The molecule has 0 bridgehead atoms. The van der Waals surface area contributed by atoms with Gasteiger partial charge < -0.3 is 24.6 Å². The molecule has 2 heterocycles. The van der Waals surface area contributed by atoms with Crippen molar-refractivity contribution < 1.29 is 24.0 Å². The highest BCUT2D eigenvalue weighted by molar-refractivity contribution is 7.17. The van der Waals surface area contributed by atoms with E-state index in [-0.39, 0.29) is 17.9 Å². The van der Waals surface area contributed by atoms with Gasteiger partial charge in [-0.2, -0.15) is 0 Å². The number of carbonyl (C=O) groups is 2. The molecule has 7 nitrogen and oxygen atoms in total. The number of carbonyl (C=O) groups excluding carboxylic acids is 2. The molecule has 2 atom stereocenters. The Kier molecular flexibility index (Phi) is 8.34. The molecule has 2 aromatic rings. The van der Waals surface area contributed by atoms with Crippen LogP contribution in [0.1, 0.15) is 54.9 Å². The van der Waals surface area contributed by atoms with Crippen LogP contribution in [0.25, 0.3) is 0 Å². The van der Waals surface area contributed by atoms with Crippen molar-refractivity contribution in [3.63, 3.8) is 0 Å². The molecule has 1 aliphatic heterocycles. The minimum Gasteiger partial charge on any atom is -0.492 e. The van der Waals surface area contributed by atoms with E-state index in [2.05, 4.69) is 23.2 Å². The number of hydrogen-bond acceptors (Lipinski definition) is 6. The third-order valence-electron chi connectivity index (χ3n) is 7.15. The van der Waals surface area contributed by atoms with Crippen molar-refractivity contribution in [1.29, 1.82) is 0 Å². The van der Waals surface area contributed by atoms with Crippen molar-refractivity contribution in [3.05, 3.63) is 40.3 Å². The number of nitrogens with zero attached hydrogens (tertiary/aromatic N) is 1. The fourth-order valence-electron chi connectivity index (χ4n) is 5.13. The molecule has 1 fully saturated rings. The molecular weight excluding hydrogens is 462 g/mol. The molecule has 2 aliphatic rings. The van der Waals surface area contributed by atoms with Crippen LogP contribution in [-0.2, 0) is 22.4 Å². The lowest BCUT2D eigenvalue weighted by Gasteiger charge is -2.36. The maximum absolute atomic E-state index is 13.3. The first kappa shape index (κ1) is 25.5. The molecule has 0 radical (unpaired) electrons. The van der Waals surface area contributed by atoms with E-state index < -0.39 is 0 Å². The number of benzene rings is 1. The monoisotopic (exact) mass is 500 g/mol. The average molecular weight is 501 g/mol. The maximum atomic E-state index is 13.3. The normalized spacial score (nSPS) is 19.1. The van der Waals surface area contributed by atoms with Gasteiger partial charge in [-0.3, -0.25) is 4.79 Å². The number of fused-ring (bicyclic) bond motifs is 1. The lowest BCUT2D eigenvalue weighted by atomic mass is 9.88. The number of amides is 1. The van der Waals surface area contributed by atoms with Crippen LogP contribution in [0.2, 0.25) is 0 Å². The number of quaternary nitrogens is 1. The third-order valence-corrected chi connectivity index (χ3v) is 8.31. The molecule has 190 valence electrons. The molecule has 8 heteroatoms. The molecule has 1 aliphatic carbocycles. The fourth-order valence-corrected chi connectivity index (χ4v) is 6.53. The molecule has 1 aromatic heterocycles. The molecule has 4 rings (SSSR count). The van der Waals surface area contributed by atoms with Crippen molar-refractivity contribution in [2.75, 3.05) is 49.6 Å². The number of ether oxygens (including phenoxy) is 2. The van der Waals surface area contributed by atoms with Gasteiger partial charge in [0.05, 0.1) is 50.6 Å². The van der Waals surface area contributed by atoms with Gasteiger partial charge in [0.2, 0.25) is 0 Å². The van der Waals surface area contributed by atoms with Gasteiger partial charge in [0.25, 0.3) is 5.91 Å². The van der Waals surface area contributed by atoms with Gasteiger partial charge in [0.15, 0.2) is 6.04 Å². The van der Waals surface area contributed by atoms with Gasteiger partial charge in [-0.25, -0.2) is 4.79 Å². The summed E-state index contributed by atoms with van der Waals surface area (Å²) in [6, 6.07) is 7.93. The smallest absolute Gasteiger partial charge is 0.341 e. The summed E-state index contributed by atoms with van der Waals surface area (Å²) in [4.78, 5) is 30.9. The summed E-state index contributed by atoms with van der Waals surface area (Å²) in [5.41, 5.74) is 2.76. The van der Waals surface area contributed by atoms with Crippen LogP contribution in [0.4, 0.5) is 10.7 Å². The number of esters is 1. The summed E-state index contributed by atoms with van der Waals surface area (Å²) >= 11 is 1.55. The van der Waals surface area contributed by atoms with E-state index in [9.17, 15) is 9.59 Å². The van der Waals surface area contributed by atoms with Gasteiger partial charge in [0.1, 0.15) is 10.8 Å². The SMILES string of the molecule is CCOC(=O)c1c(NC(=O)[C@H](C)[NH+]2CCN(c3ccccc3OCC)CC2)sc2c1CC[C@@H](C)C2. The molecule has 1 amide bonds. The van der Waals surface area contributed by atoms with Crippen molar-refractivity contribution in [1.82, 2.24) is 0 Å². The summed E-state index contributed by atoms with van der Waals surface area (Å²) in [6.07, 6.45) is 2.87. The molecule has 35 heavy (non-hydrogen) atoms. The Morgan fingerprint density at radius 3 is 2.66 bits per heavy atom. The summed E-state index contributed by atoms with van der Waals surface area (Å²) in [6.45, 7) is 12.4. The summed E-state index contributed by atoms with van der Waals surface area (Å²) < 4.78 is 11.2. The number of hydrogen-bond donors (Lipinski definition) is 2. The van der Waals surface area contributed by atoms with Crippen molar-refractivity contribution in [2.24, 2.45) is 5.92 Å². The van der Waals surface area contributed by atoms with E-state index in [4.69, 9.17) is 9.47 Å². The standard InChI is InChI=1S/C27H37N3O4S/c1-5-33-22-10-8-7-9-21(22)30-15-13-29(14-16-30)19(4)25(31)28-26-24(27(32)34-6-2)20-12-11-18(3)17-23(20)35-26/h7-10,18-19H,5-6,11-17H2,1-4H3,(H,28,31)/p+1/t18-,19+/m1/s1. The van der Waals surface area contributed by atoms with E-state index in [1.165, 1.54) is 9.78 Å². The Bertz CT molecular complexity index is 1050. The van der Waals surface area contributed by atoms with Crippen LogP contribution in [0.15, 0.2) is 24.3 Å². The first-order valence-corrected chi connectivity index (χ1v) is 13.7. The van der Waals surface area contributed by atoms with Crippen LogP contribution in [0.3, 0.4) is 0 Å². The summed E-state index contributed by atoms with van der Waals surface area (Å²) in [7, 11) is 0. The topological polar surface area (TPSA) is 72.3 Å². The number of rotatable bonds is 8. The minimum atomic E-state index is -0.323. The highest BCUT2D eigenvalue weighted by Crippen LogP contribution is 2.40. The van der Waals surface area contributed by atoms with Crippen molar-refractivity contribution in [2.45, 2.75) is 53.0 Å². The zero-order valence-corrected chi connectivity index (χ0v) is 22.1. The zero-order chi connectivity index (χ0) is 24.9. The molecule has 0 unspecified atom stereocenters. The van der Waals surface area contributed by atoms with E-state index >= 15 is 0 Å². The number of para-hydroxylation sites is 2. The van der Waals surface area contributed by atoms with Crippen LogP contribution >= 0.6 is 11.3 Å². The first-order chi connectivity index (χ1) is 16.9. The van der Waals surface area contributed by atoms with Crippen LogP contribution in [-0.4, -0.2) is 57.3 Å². The molecule has 0 saturated carbocycles. The van der Waals surface area contributed by atoms with Crippen molar-refractivity contribution in [3.8, 4) is 5.75 Å². The zero-order valence-electron chi connectivity index (χ0n) is 21.3. The predicted molar refractivity (Wildman–Crippen MR) is 140 cm³/mol. The van der Waals surface area contributed by atoms with Crippen LogP contribution in [0, 0.1) is 5.92 Å². The molecule has 0 spiro atoms. The Morgan fingerprint density at radius 2 is 1.94 bits per heavy atom. The Labute approximate surface area is 212 Å². The first-order valence-electron chi connectivity index (χ1n) is 12.9. The Morgan fingerprint density at radius 1 is 1.20 bits per heavy atom. The van der Waals surface area contributed by atoms with Gasteiger partial charge in [-0.1, -0.05) is 19.1 Å². The molecule has 1 saturated heterocycles. The van der Waals surface area contributed by atoms with E-state index in [1.807, 2.05) is 39.0 Å². The quantitative estimate of drug-likeness (QED) is 0.545. The van der Waals surface area contributed by atoms with E-state index in [0.717, 1.165) is 62.4 Å². The molecule has 1 aromatic carbocycles. The average Bonchev–Trinajstić information content (AvgIpc) is 3.21. The number of thiophene rings is 1. The van der Waals surface area contributed by atoms with E-state index in [0.29, 0.717) is 29.7 Å². The van der Waals surface area contributed by atoms with Gasteiger partial charge in [0, 0.05) is 4.88 Å². The highest BCUT2D eigenvalue weighted by Gasteiger charge is 2.33. The van der Waals surface area contributed by atoms with Gasteiger partial charge >= 0.3 is 5.97 Å². The van der Waals surface area contributed by atoms with Gasteiger partial charge in [-0.15, -0.1) is 11.3 Å². The number of nitrogens with one attached hydrogen (secondary N) is 2.